The Bertz CT molecular complexity index is 1660. The molecule has 0 N–H and O–H groups in total. The van der Waals surface area contributed by atoms with Crippen LogP contribution in [0.15, 0.2) is 127 Å². The summed E-state index contributed by atoms with van der Waals surface area (Å²) in [6.07, 6.45) is 5.57. The van der Waals surface area contributed by atoms with E-state index in [0.717, 1.165) is 16.7 Å². The van der Waals surface area contributed by atoms with Gasteiger partial charge in [0, 0.05) is 18.8 Å². The molecule has 0 aliphatic heterocycles. The molecular weight excluding hydrogens is 556 g/mol. The van der Waals surface area contributed by atoms with Gasteiger partial charge in [0.05, 0.1) is 23.3 Å². The summed E-state index contributed by atoms with van der Waals surface area (Å²) in [5.41, 5.74) is 3.71. The minimum atomic E-state index is -1.21. The Labute approximate surface area is 256 Å². The zero-order chi connectivity index (χ0) is 30.8. The number of carboxylic acid groups (broad SMARTS) is 1. The number of rotatable bonds is 12. The Hall–Kier alpha value is -5.27. The van der Waals surface area contributed by atoms with Crippen molar-refractivity contribution in [1.82, 2.24) is 0 Å². The number of hydrogen-bond acceptors (Lipinski definition) is 7. The zero-order valence-corrected chi connectivity index (χ0v) is 24.0. The van der Waals surface area contributed by atoms with Gasteiger partial charge in [0.2, 0.25) is 0 Å². The van der Waals surface area contributed by atoms with Crippen LogP contribution >= 0.6 is 0 Å². The first-order chi connectivity index (χ1) is 21.4. The number of benzene rings is 4. The lowest BCUT2D eigenvalue weighted by molar-refractivity contribution is -0.309. The van der Waals surface area contributed by atoms with Crippen molar-refractivity contribution < 1.29 is 33.7 Å². The summed E-state index contributed by atoms with van der Waals surface area (Å²) < 4.78 is 17.5. The van der Waals surface area contributed by atoms with E-state index in [9.17, 15) is 19.5 Å². The largest absolute Gasteiger partial charge is 0.550 e. The lowest BCUT2D eigenvalue weighted by Crippen LogP contribution is -2.39. The maximum atomic E-state index is 12.7. The maximum absolute atomic E-state index is 12.7. The monoisotopic (exact) mass is 587 g/mol. The van der Waals surface area contributed by atoms with E-state index in [1.165, 1.54) is 0 Å². The van der Waals surface area contributed by atoms with Crippen LogP contribution in [0.2, 0.25) is 0 Å². The highest BCUT2D eigenvalue weighted by Gasteiger charge is 2.32. The van der Waals surface area contributed by atoms with Crippen LogP contribution in [-0.4, -0.2) is 23.5 Å². The highest BCUT2D eigenvalue weighted by Crippen LogP contribution is 2.36. The first kappa shape index (κ1) is 30.2. The molecule has 4 aromatic carbocycles. The van der Waals surface area contributed by atoms with E-state index in [1.807, 2.05) is 66.7 Å². The van der Waals surface area contributed by atoms with Crippen LogP contribution in [0.4, 0.5) is 0 Å². The molecular formula is C37H31O7-. The average molecular weight is 588 g/mol. The summed E-state index contributed by atoms with van der Waals surface area (Å²) >= 11 is 0. The van der Waals surface area contributed by atoms with Crippen molar-refractivity contribution in [1.29, 1.82) is 0 Å². The third kappa shape index (κ3) is 7.96. The van der Waals surface area contributed by atoms with Gasteiger partial charge in [-0.05, 0) is 58.2 Å². The van der Waals surface area contributed by atoms with E-state index in [4.69, 9.17) is 14.2 Å². The van der Waals surface area contributed by atoms with Crippen LogP contribution in [0.25, 0.3) is 5.57 Å². The highest BCUT2D eigenvalue weighted by molar-refractivity contribution is 5.89. The van der Waals surface area contributed by atoms with Gasteiger partial charge in [-0.15, -0.1) is 0 Å². The summed E-state index contributed by atoms with van der Waals surface area (Å²) in [4.78, 5) is 37.1. The van der Waals surface area contributed by atoms with E-state index in [1.54, 1.807) is 60.7 Å². The molecule has 0 radical (unpaired) electrons. The number of carbonyl (C=O) groups excluding carboxylic acids is 3. The van der Waals surface area contributed by atoms with Crippen LogP contribution in [-0.2, 0) is 38.8 Å². The molecule has 5 rings (SSSR count). The predicted octanol–water partition coefficient (Wildman–Crippen LogP) is 5.84. The zero-order valence-electron chi connectivity index (χ0n) is 24.0. The first-order valence-corrected chi connectivity index (χ1v) is 14.2. The Morgan fingerprint density at radius 2 is 1.25 bits per heavy atom. The lowest BCUT2D eigenvalue weighted by Gasteiger charge is -2.34. The normalized spacial score (nSPS) is 15.7. The standard InChI is InChI=1S/C37H32O7/c38-34(39)23-37(20-10-17-31(22-37)28-11-4-1-5-12-28)44-24-27-18-19-32(25-42-35(40)29-13-6-2-7-14-29)33(21-27)26-43-36(41)30-15-8-3-9-16-30/h1-21H,22-26H2,(H,38,39)/p-1. The third-order valence-corrected chi connectivity index (χ3v) is 7.31. The molecule has 0 aromatic heterocycles. The smallest absolute Gasteiger partial charge is 0.338 e. The summed E-state index contributed by atoms with van der Waals surface area (Å²) in [5.74, 6) is -2.17. The van der Waals surface area contributed by atoms with Gasteiger partial charge in [-0.3, -0.25) is 0 Å². The second-order valence-electron chi connectivity index (χ2n) is 10.5. The first-order valence-electron chi connectivity index (χ1n) is 14.2. The van der Waals surface area contributed by atoms with E-state index < -0.39 is 23.5 Å². The quantitative estimate of drug-likeness (QED) is 0.192. The van der Waals surface area contributed by atoms with Gasteiger partial charge < -0.3 is 24.1 Å². The van der Waals surface area contributed by atoms with Gasteiger partial charge in [-0.25, -0.2) is 9.59 Å². The maximum Gasteiger partial charge on any atom is 0.338 e. The van der Waals surface area contributed by atoms with E-state index in [-0.39, 0.29) is 26.2 Å². The SMILES string of the molecule is O=C([O-])CC1(OCc2ccc(COC(=O)c3ccccc3)c(COC(=O)c3ccccc3)c2)C=CC=C(c2ccccc2)C1. The number of aliphatic carboxylic acids is 1. The Morgan fingerprint density at radius 3 is 1.84 bits per heavy atom. The fourth-order valence-corrected chi connectivity index (χ4v) is 5.02. The number of ether oxygens (including phenoxy) is 3. The molecule has 1 atom stereocenters. The molecule has 0 bridgehead atoms. The molecule has 7 heteroatoms. The molecule has 0 heterocycles. The fraction of sp³-hybridized carbons (Fsp3) is 0.162. The van der Waals surface area contributed by atoms with Crippen molar-refractivity contribution in [2.45, 2.75) is 38.3 Å². The molecule has 44 heavy (non-hydrogen) atoms. The van der Waals surface area contributed by atoms with Crippen molar-refractivity contribution in [3.8, 4) is 0 Å². The molecule has 4 aromatic rings. The van der Waals surface area contributed by atoms with Crippen LogP contribution in [0.1, 0.15) is 55.8 Å². The van der Waals surface area contributed by atoms with E-state index in [2.05, 4.69) is 0 Å². The second-order valence-corrected chi connectivity index (χ2v) is 10.5. The van der Waals surface area contributed by atoms with Crippen molar-refractivity contribution in [3.05, 3.63) is 161 Å². The van der Waals surface area contributed by atoms with Crippen molar-refractivity contribution in [2.24, 2.45) is 0 Å². The number of allylic oxidation sites excluding steroid dienone is 2. The topological polar surface area (TPSA) is 102 Å². The molecule has 7 nitrogen and oxygen atoms in total. The number of carboxylic acids is 1. The Kier molecular flexibility index (Phi) is 9.79. The van der Waals surface area contributed by atoms with Crippen molar-refractivity contribution in [2.75, 3.05) is 0 Å². The summed E-state index contributed by atoms with van der Waals surface area (Å²) in [6.45, 7) is -0.0101. The predicted molar refractivity (Wildman–Crippen MR) is 163 cm³/mol. The van der Waals surface area contributed by atoms with Crippen LogP contribution < -0.4 is 5.11 Å². The molecule has 0 saturated heterocycles. The van der Waals surface area contributed by atoms with Crippen molar-refractivity contribution >= 4 is 23.5 Å². The fourth-order valence-electron chi connectivity index (χ4n) is 5.02. The van der Waals surface area contributed by atoms with Crippen LogP contribution in [0.5, 0.6) is 0 Å². The summed E-state index contributed by atoms with van der Waals surface area (Å²) in [7, 11) is 0. The summed E-state index contributed by atoms with van der Waals surface area (Å²) in [6, 6.07) is 32.5. The van der Waals surface area contributed by atoms with Gasteiger partial charge in [-0.1, -0.05) is 97.1 Å². The second kappa shape index (κ2) is 14.3. The molecule has 0 spiro atoms. The van der Waals surface area contributed by atoms with Gasteiger partial charge in [-0.2, -0.15) is 0 Å². The molecule has 0 saturated carbocycles. The summed E-state index contributed by atoms with van der Waals surface area (Å²) in [5, 5.41) is 11.8. The van der Waals surface area contributed by atoms with Gasteiger partial charge in [0.15, 0.2) is 0 Å². The molecule has 0 fully saturated rings. The molecule has 1 unspecified atom stereocenters. The van der Waals surface area contributed by atoms with Gasteiger partial charge >= 0.3 is 11.9 Å². The number of carbonyl (C=O) groups is 3. The van der Waals surface area contributed by atoms with Gasteiger partial charge in [0.1, 0.15) is 13.2 Å². The lowest BCUT2D eigenvalue weighted by atomic mass is 9.84. The highest BCUT2D eigenvalue weighted by atomic mass is 16.5. The molecule has 1 aliphatic carbocycles. The molecule has 222 valence electrons. The number of hydrogen-bond donors (Lipinski definition) is 0. The van der Waals surface area contributed by atoms with Crippen LogP contribution in [0.3, 0.4) is 0 Å². The van der Waals surface area contributed by atoms with Gasteiger partial charge in [0.25, 0.3) is 0 Å². The minimum Gasteiger partial charge on any atom is -0.550 e. The Balaban J connectivity index is 1.34. The van der Waals surface area contributed by atoms with Crippen LogP contribution in [0, 0.1) is 0 Å². The van der Waals surface area contributed by atoms with E-state index in [0.29, 0.717) is 28.7 Å². The van der Waals surface area contributed by atoms with E-state index >= 15 is 0 Å². The number of esters is 2. The Morgan fingerprint density at radius 1 is 0.682 bits per heavy atom. The molecule has 0 amide bonds. The molecule has 1 aliphatic rings. The third-order valence-electron chi connectivity index (χ3n) is 7.31. The minimum absolute atomic E-state index is 0.0321. The van der Waals surface area contributed by atoms with Crippen molar-refractivity contribution in [3.63, 3.8) is 0 Å². The average Bonchev–Trinajstić information content (AvgIpc) is 3.06.